The van der Waals surface area contributed by atoms with E-state index in [4.69, 9.17) is 0 Å². The number of halogens is 6. The molecule has 0 N–H and O–H groups in total. The summed E-state index contributed by atoms with van der Waals surface area (Å²) in [6, 6.07) is 26.0. The van der Waals surface area contributed by atoms with E-state index in [1.807, 2.05) is 42.5 Å². The number of benzene rings is 4. The van der Waals surface area contributed by atoms with Crippen molar-refractivity contribution in [3.05, 3.63) is 131 Å². The molecule has 0 heterocycles. The Balaban J connectivity index is 1.61. The van der Waals surface area contributed by atoms with Gasteiger partial charge < -0.3 is 0 Å². The van der Waals surface area contributed by atoms with E-state index < -0.39 is 34.8 Å². The number of rotatable bonds is 4. The standard InChI is InChI=1S/C30H20F6O/c31-29(32,33)24-14-10-22(11-15-24)28(23-12-16-25(17-13-23)30(34,35)36)18-26(37)27(28)21-8-6-20(7-9-21)19-4-2-1-3-5-19/h1-17,27H,18H2. The van der Waals surface area contributed by atoms with Crippen LogP contribution >= 0.6 is 0 Å². The highest BCUT2D eigenvalue weighted by Crippen LogP contribution is 2.56. The lowest BCUT2D eigenvalue weighted by atomic mass is 9.51. The fraction of sp³-hybridized carbons (Fsp3) is 0.167. The van der Waals surface area contributed by atoms with Crippen LogP contribution in [0.25, 0.3) is 11.1 Å². The molecule has 5 rings (SSSR count). The van der Waals surface area contributed by atoms with Gasteiger partial charge in [-0.05, 0) is 52.1 Å². The number of carbonyl (C=O) groups excluding carboxylic acids is 1. The first kappa shape index (κ1) is 24.8. The summed E-state index contributed by atoms with van der Waals surface area (Å²) in [7, 11) is 0. The van der Waals surface area contributed by atoms with Crippen LogP contribution < -0.4 is 0 Å². The summed E-state index contributed by atoms with van der Waals surface area (Å²) in [5.41, 5.74) is 0.655. The number of hydrogen-bond donors (Lipinski definition) is 0. The van der Waals surface area contributed by atoms with E-state index in [0.29, 0.717) is 16.7 Å². The van der Waals surface area contributed by atoms with Crippen molar-refractivity contribution in [2.45, 2.75) is 30.1 Å². The summed E-state index contributed by atoms with van der Waals surface area (Å²) in [4.78, 5) is 13.0. The van der Waals surface area contributed by atoms with E-state index >= 15 is 0 Å². The summed E-state index contributed by atoms with van der Waals surface area (Å²) in [5.74, 6) is -0.891. The highest BCUT2D eigenvalue weighted by Gasteiger charge is 2.56. The first-order valence-corrected chi connectivity index (χ1v) is 11.5. The Morgan fingerprint density at radius 2 is 1.00 bits per heavy atom. The Kier molecular flexibility index (Phi) is 5.97. The van der Waals surface area contributed by atoms with Crippen molar-refractivity contribution in [2.75, 3.05) is 0 Å². The molecule has 0 spiro atoms. The SMILES string of the molecule is O=C1CC(c2ccc(C(F)(F)F)cc2)(c2ccc(C(F)(F)F)cc2)C1c1ccc(-c2ccccc2)cc1. The molecular formula is C30H20F6O. The van der Waals surface area contributed by atoms with Crippen molar-refractivity contribution in [1.29, 1.82) is 0 Å². The van der Waals surface area contributed by atoms with Gasteiger partial charge in [-0.15, -0.1) is 0 Å². The van der Waals surface area contributed by atoms with Gasteiger partial charge in [-0.25, -0.2) is 0 Å². The molecule has 0 saturated heterocycles. The lowest BCUT2D eigenvalue weighted by Gasteiger charge is -2.49. The first-order valence-electron chi connectivity index (χ1n) is 11.5. The minimum Gasteiger partial charge on any atom is -0.299 e. The zero-order valence-electron chi connectivity index (χ0n) is 19.3. The fourth-order valence-corrected chi connectivity index (χ4v) is 5.21. The maximum atomic E-state index is 13.2. The second kappa shape index (κ2) is 8.91. The molecule has 0 bridgehead atoms. The van der Waals surface area contributed by atoms with Crippen molar-refractivity contribution in [3.63, 3.8) is 0 Å². The molecule has 1 saturated carbocycles. The second-order valence-corrected chi connectivity index (χ2v) is 9.19. The van der Waals surface area contributed by atoms with E-state index in [9.17, 15) is 31.1 Å². The number of hydrogen-bond acceptors (Lipinski definition) is 1. The molecule has 7 heteroatoms. The van der Waals surface area contributed by atoms with Crippen molar-refractivity contribution >= 4 is 5.78 Å². The van der Waals surface area contributed by atoms with E-state index in [-0.39, 0.29) is 12.2 Å². The van der Waals surface area contributed by atoms with Crippen LogP contribution in [0.2, 0.25) is 0 Å². The van der Waals surface area contributed by atoms with Gasteiger partial charge in [0, 0.05) is 11.8 Å². The molecule has 1 unspecified atom stereocenters. The minimum absolute atomic E-state index is 0.0329. The molecule has 0 amide bonds. The monoisotopic (exact) mass is 510 g/mol. The zero-order valence-corrected chi connectivity index (χ0v) is 19.3. The van der Waals surface area contributed by atoms with Gasteiger partial charge in [0.25, 0.3) is 0 Å². The van der Waals surface area contributed by atoms with Gasteiger partial charge in [-0.1, -0.05) is 78.9 Å². The van der Waals surface area contributed by atoms with Crippen LogP contribution in [0.4, 0.5) is 26.3 Å². The van der Waals surface area contributed by atoms with Gasteiger partial charge in [0.2, 0.25) is 0 Å². The largest absolute Gasteiger partial charge is 0.416 e. The molecule has 0 aliphatic heterocycles. The average molecular weight is 510 g/mol. The minimum atomic E-state index is -4.54. The Labute approximate surface area is 209 Å². The molecule has 4 aromatic rings. The number of Topliss-reactive ketones (excluding diaryl/α,β-unsaturated/α-hetero) is 1. The second-order valence-electron chi connectivity index (χ2n) is 9.19. The summed E-state index contributed by atoms with van der Waals surface area (Å²) >= 11 is 0. The molecule has 0 aromatic heterocycles. The third-order valence-electron chi connectivity index (χ3n) is 7.07. The van der Waals surface area contributed by atoms with Crippen LogP contribution in [-0.2, 0) is 22.6 Å². The molecule has 1 nitrogen and oxygen atoms in total. The summed E-state index contributed by atoms with van der Waals surface area (Å²) in [6.07, 6.45) is -9.11. The third-order valence-corrected chi connectivity index (χ3v) is 7.07. The fourth-order valence-electron chi connectivity index (χ4n) is 5.21. The Morgan fingerprint density at radius 1 is 0.568 bits per heavy atom. The topological polar surface area (TPSA) is 17.1 Å². The normalized spacial score (nSPS) is 17.4. The highest BCUT2D eigenvalue weighted by atomic mass is 19.4. The summed E-state index contributed by atoms with van der Waals surface area (Å²) < 4.78 is 79.3. The molecule has 1 aliphatic carbocycles. The van der Waals surface area contributed by atoms with Gasteiger partial charge in [-0.2, -0.15) is 26.3 Å². The van der Waals surface area contributed by atoms with Crippen LogP contribution in [-0.4, -0.2) is 5.78 Å². The van der Waals surface area contributed by atoms with E-state index in [0.717, 1.165) is 35.4 Å². The third kappa shape index (κ3) is 4.43. The molecule has 4 aromatic carbocycles. The van der Waals surface area contributed by atoms with Gasteiger partial charge in [-0.3, -0.25) is 4.79 Å². The lowest BCUT2D eigenvalue weighted by Crippen LogP contribution is -2.51. The number of alkyl halides is 6. The molecule has 37 heavy (non-hydrogen) atoms. The summed E-state index contributed by atoms with van der Waals surface area (Å²) in [6.45, 7) is 0. The number of carbonyl (C=O) groups is 1. The van der Waals surface area contributed by atoms with Crippen LogP contribution in [0.3, 0.4) is 0 Å². The van der Waals surface area contributed by atoms with Gasteiger partial charge in [0.1, 0.15) is 5.78 Å². The van der Waals surface area contributed by atoms with Crippen molar-refractivity contribution < 1.29 is 31.1 Å². The quantitative estimate of drug-likeness (QED) is 0.252. The van der Waals surface area contributed by atoms with Crippen molar-refractivity contribution in [1.82, 2.24) is 0 Å². The molecule has 1 aliphatic rings. The van der Waals surface area contributed by atoms with Gasteiger partial charge >= 0.3 is 12.4 Å². The average Bonchev–Trinajstić information content (AvgIpc) is 2.87. The highest BCUT2D eigenvalue weighted by molar-refractivity contribution is 5.98. The van der Waals surface area contributed by atoms with Crippen molar-refractivity contribution in [3.8, 4) is 11.1 Å². The number of ketones is 1. The van der Waals surface area contributed by atoms with Gasteiger partial charge in [0.15, 0.2) is 0 Å². The molecule has 1 fully saturated rings. The predicted molar refractivity (Wildman–Crippen MR) is 128 cm³/mol. The van der Waals surface area contributed by atoms with E-state index in [1.165, 1.54) is 24.3 Å². The van der Waals surface area contributed by atoms with Crippen LogP contribution in [0.15, 0.2) is 103 Å². The smallest absolute Gasteiger partial charge is 0.299 e. The molecule has 0 radical (unpaired) electrons. The van der Waals surface area contributed by atoms with E-state index in [1.54, 1.807) is 12.1 Å². The molecule has 1 atom stereocenters. The Bertz CT molecular complexity index is 1340. The summed E-state index contributed by atoms with van der Waals surface area (Å²) in [5, 5.41) is 0. The van der Waals surface area contributed by atoms with Gasteiger partial charge in [0.05, 0.1) is 17.0 Å². The Hall–Kier alpha value is -3.87. The lowest BCUT2D eigenvalue weighted by molar-refractivity contribution is -0.138. The molecule has 188 valence electrons. The molecular weight excluding hydrogens is 490 g/mol. The maximum absolute atomic E-state index is 13.2. The van der Waals surface area contributed by atoms with E-state index in [2.05, 4.69) is 0 Å². The van der Waals surface area contributed by atoms with Crippen LogP contribution in [0.1, 0.15) is 40.2 Å². The van der Waals surface area contributed by atoms with Crippen molar-refractivity contribution in [2.24, 2.45) is 0 Å². The predicted octanol–water partition coefficient (Wildman–Crippen LogP) is 8.43. The van der Waals surface area contributed by atoms with Crippen LogP contribution in [0, 0.1) is 0 Å². The Morgan fingerprint density at radius 3 is 1.41 bits per heavy atom. The zero-order chi connectivity index (χ0) is 26.4. The van der Waals surface area contributed by atoms with Crippen LogP contribution in [0.5, 0.6) is 0 Å². The maximum Gasteiger partial charge on any atom is 0.416 e. The first-order chi connectivity index (χ1) is 17.5.